The van der Waals surface area contributed by atoms with Gasteiger partial charge in [-0.3, -0.25) is 10.1 Å². The molecule has 2 heterocycles. The number of thiazole rings is 1. The number of fused-ring (bicyclic) bond motifs is 1. The summed E-state index contributed by atoms with van der Waals surface area (Å²) in [5, 5.41) is 6.66. The topological polar surface area (TPSA) is 77.2 Å². The first kappa shape index (κ1) is 18.9. The maximum atomic E-state index is 12.4. The molecule has 10 heteroatoms. The van der Waals surface area contributed by atoms with Gasteiger partial charge in [0.25, 0.3) is 5.91 Å². The molecule has 0 aliphatic heterocycles. The molecular weight excluding hydrogens is 407 g/mol. The van der Waals surface area contributed by atoms with Crippen molar-refractivity contribution in [1.29, 1.82) is 0 Å². The van der Waals surface area contributed by atoms with Crippen molar-refractivity contribution in [2.75, 3.05) is 11.9 Å². The van der Waals surface area contributed by atoms with Crippen LogP contribution < -0.4 is 10.1 Å². The Labute approximate surface area is 165 Å². The Balaban J connectivity index is 1.47. The molecule has 29 heavy (non-hydrogen) atoms. The summed E-state index contributed by atoms with van der Waals surface area (Å²) in [5.41, 5.74) is 1.39. The second kappa shape index (κ2) is 7.55. The first-order valence-corrected chi connectivity index (χ1v) is 9.13. The summed E-state index contributed by atoms with van der Waals surface area (Å²) >= 11 is 1.11. The van der Waals surface area contributed by atoms with E-state index in [9.17, 15) is 18.0 Å². The number of amides is 1. The van der Waals surface area contributed by atoms with E-state index in [4.69, 9.17) is 9.26 Å². The number of hydrogen-bond acceptors (Lipinski definition) is 6. The Morgan fingerprint density at radius 1 is 1.14 bits per heavy atom. The smallest absolute Gasteiger partial charge is 0.422 e. The average Bonchev–Trinajstić information content (AvgIpc) is 3.33. The molecule has 2 aromatic heterocycles. The molecule has 4 aromatic rings. The number of nitrogens with zero attached hydrogens (tertiary/aromatic N) is 2. The fourth-order valence-electron chi connectivity index (χ4n) is 2.50. The highest BCUT2D eigenvalue weighted by atomic mass is 32.1. The third-order valence-electron chi connectivity index (χ3n) is 3.78. The molecule has 0 saturated carbocycles. The molecule has 1 amide bonds. The quantitative estimate of drug-likeness (QED) is 0.484. The van der Waals surface area contributed by atoms with E-state index in [0.717, 1.165) is 16.9 Å². The predicted octanol–water partition coefficient (Wildman–Crippen LogP) is 5.14. The maximum absolute atomic E-state index is 12.4. The van der Waals surface area contributed by atoms with Gasteiger partial charge in [0.15, 0.2) is 23.2 Å². The van der Waals surface area contributed by atoms with Crippen LogP contribution in [0.4, 0.5) is 18.3 Å². The molecule has 0 aliphatic rings. The number of carbonyl (C=O) groups excluding carboxylic acids is 1. The van der Waals surface area contributed by atoms with Gasteiger partial charge in [-0.05, 0) is 18.2 Å². The van der Waals surface area contributed by atoms with Crippen molar-refractivity contribution in [3.05, 3.63) is 60.3 Å². The van der Waals surface area contributed by atoms with E-state index >= 15 is 0 Å². The lowest BCUT2D eigenvalue weighted by molar-refractivity contribution is -0.153. The fraction of sp³-hybridized carbons (Fsp3) is 0.105. The first-order chi connectivity index (χ1) is 13.9. The summed E-state index contributed by atoms with van der Waals surface area (Å²) in [6.07, 6.45) is -4.42. The van der Waals surface area contributed by atoms with Crippen molar-refractivity contribution in [3.63, 3.8) is 0 Å². The average molecular weight is 419 g/mol. The normalized spacial score (nSPS) is 11.6. The molecule has 1 N–H and O–H groups in total. The molecule has 0 saturated heterocycles. The SMILES string of the molecule is O=C(Nc1nc2ccc(OCC(F)(F)F)cc2s1)c1cc(-c2ccccc2)on1. The molecule has 2 aromatic carbocycles. The number of ether oxygens (including phenoxy) is 1. The number of halogens is 3. The number of anilines is 1. The maximum Gasteiger partial charge on any atom is 0.422 e. The molecule has 0 aliphatic carbocycles. The van der Waals surface area contributed by atoms with Gasteiger partial charge in [-0.1, -0.05) is 46.8 Å². The van der Waals surface area contributed by atoms with E-state index < -0.39 is 18.7 Å². The molecule has 0 bridgehead atoms. The first-order valence-electron chi connectivity index (χ1n) is 8.31. The molecule has 0 fully saturated rings. The predicted molar refractivity (Wildman–Crippen MR) is 101 cm³/mol. The molecule has 4 rings (SSSR count). The van der Waals surface area contributed by atoms with Crippen LogP contribution in [0.25, 0.3) is 21.5 Å². The highest BCUT2D eigenvalue weighted by Gasteiger charge is 2.28. The second-order valence-corrected chi connectivity index (χ2v) is 6.98. The van der Waals surface area contributed by atoms with Crippen LogP contribution >= 0.6 is 11.3 Å². The number of benzene rings is 2. The number of nitrogens with one attached hydrogen (secondary N) is 1. The summed E-state index contributed by atoms with van der Waals surface area (Å²) < 4.78 is 47.3. The second-order valence-electron chi connectivity index (χ2n) is 5.95. The van der Waals surface area contributed by atoms with Crippen LogP contribution in [0.5, 0.6) is 5.75 Å². The third kappa shape index (κ3) is 4.54. The van der Waals surface area contributed by atoms with Crippen LogP contribution in [0.2, 0.25) is 0 Å². The standard InChI is InChI=1S/C19H12F3N3O3S/c20-19(21,22)10-27-12-6-7-13-16(8-12)29-18(23-13)24-17(26)14-9-15(28-25-14)11-4-2-1-3-5-11/h1-9H,10H2,(H,23,24,26). The molecule has 0 atom stereocenters. The number of alkyl halides is 3. The minimum Gasteiger partial charge on any atom is -0.484 e. The van der Waals surface area contributed by atoms with Crippen LogP contribution in [0.15, 0.2) is 59.1 Å². The summed E-state index contributed by atoms with van der Waals surface area (Å²) in [6, 6.07) is 15.1. The lowest BCUT2D eigenvalue weighted by Crippen LogP contribution is -2.19. The number of hydrogen-bond donors (Lipinski definition) is 1. The van der Waals surface area contributed by atoms with E-state index in [-0.39, 0.29) is 16.6 Å². The van der Waals surface area contributed by atoms with Crippen LogP contribution in [-0.2, 0) is 0 Å². The Kier molecular flexibility index (Phi) is 4.93. The van der Waals surface area contributed by atoms with Gasteiger partial charge in [0, 0.05) is 11.6 Å². The van der Waals surface area contributed by atoms with Crippen molar-refractivity contribution < 1.29 is 27.2 Å². The summed E-state index contributed by atoms with van der Waals surface area (Å²) in [7, 11) is 0. The van der Waals surface area contributed by atoms with Gasteiger partial charge in [0.05, 0.1) is 10.2 Å². The van der Waals surface area contributed by atoms with Crippen LogP contribution in [-0.4, -0.2) is 28.8 Å². The summed E-state index contributed by atoms with van der Waals surface area (Å²) in [4.78, 5) is 16.6. The van der Waals surface area contributed by atoms with E-state index in [1.54, 1.807) is 0 Å². The van der Waals surface area contributed by atoms with Gasteiger partial charge in [-0.2, -0.15) is 13.2 Å². The molecule has 148 valence electrons. The largest absolute Gasteiger partial charge is 0.484 e. The van der Waals surface area contributed by atoms with Crippen LogP contribution in [0.3, 0.4) is 0 Å². The summed E-state index contributed by atoms with van der Waals surface area (Å²) in [6.45, 7) is -1.38. The Morgan fingerprint density at radius 2 is 1.93 bits per heavy atom. The van der Waals surface area contributed by atoms with E-state index in [1.807, 2.05) is 30.3 Å². The van der Waals surface area contributed by atoms with Gasteiger partial charge in [0.1, 0.15) is 5.75 Å². The Bertz CT molecular complexity index is 1160. The zero-order chi connectivity index (χ0) is 20.4. The van der Waals surface area contributed by atoms with Crippen molar-refractivity contribution in [3.8, 4) is 17.1 Å². The summed E-state index contributed by atoms with van der Waals surface area (Å²) in [5.74, 6) is 0.00962. The molecule has 6 nitrogen and oxygen atoms in total. The molecule has 0 spiro atoms. The third-order valence-corrected chi connectivity index (χ3v) is 4.72. The van der Waals surface area contributed by atoms with Crippen LogP contribution in [0, 0.1) is 0 Å². The van der Waals surface area contributed by atoms with Gasteiger partial charge in [0.2, 0.25) is 0 Å². The van der Waals surface area contributed by atoms with Crippen molar-refractivity contribution in [2.45, 2.75) is 6.18 Å². The van der Waals surface area contributed by atoms with Gasteiger partial charge in [-0.25, -0.2) is 4.98 Å². The van der Waals surface area contributed by atoms with E-state index in [2.05, 4.69) is 15.5 Å². The minimum absolute atomic E-state index is 0.0698. The molecular formula is C19H12F3N3O3S. The van der Waals surface area contributed by atoms with E-state index in [0.29, 0.717) is 16.0 Å². The van der Waals surface area contributed by atoms with E-state index in [1.165, 1.54) is 24.3 Å². The fourth-order valence-corrected chi connectivity index (χ4v) is 3.38. The molecule has 0 unspecified atom stereocenters. The zero-order valence-corrected chi connectivity index (χ0v) is 15.4. The number of carbonyl (C=O) groups is 1. The van der Waals surface area contributed by atoms with Crippen molar-refractivity contribution >= 4 is 32.6 Å². The van der Waals surface area contributed by atoms with Gasteiger partial charge in [-0.15, -0.1) is 0 Å². The lowest BCUT2D eigenvalue weighted by atomic mass is 10.1. The lowest BCUT2D eigenvalue weighted by Gasteiger charge is -2.08. The van der Waals surface area contributed by atoms with Crippen molar-refractivity contribution in [1.82, 2.24) is 10.1 Å². The molecule has 0 radical (unpaired) electrons. The highest BCUT2D eigenvalue weighted by molar-refractivity contribution is 7.22. The van der Waals surface area contributed by atoms with Gasteiger partial charge < -0.3 is 9.26 Å². The Hall–Kier alpha value is -3.40. The number of rotatable bonds is 5. The Morgan fingerprint density at radius 3 is 2.69 bits per heavy atom. The number of aromatic nitrogens is 2. The monoisotopic (exact) mass is 419 g/mol. The highest BCUT2D eigenvalue weighted by Crippen LogP contribution is 2.30. The zero-order valence-electron chi connectivity index (χ0n) is 14.6. The minimum atomic E-state index is -4.42. The van der Waals surface area contributed by atoms with Gasteiger partial charge >= 0.3 is 6.18 Å². The van der Waals surface area contributed by atoms with Crippen LogP contribution in [0.1, 0.15) is 10.5 Å². The van der Waals surface area contributed by atoms with Crippen molar-refractivity contribution in [2.24, 2.45) is 0 Å².